The number of hydrogen-bond acceptors (Lipinski definition) is 3. The van der Waals surface area contributed by atoms with E-state index < -0.39 is 26.8 Å². The maximum Gasteiger partial charge on any atom is 0.436 e. The zero-order valence-corrected chi connectivity index (χ0v) is 12.9. The molecule has 1 saturated heterocycles. The second kappa shape index (κ2) is 5.28. The summed E-state index contributed by atoms with van der Waals surface area (Å²) < 4.78 is 66.2. The van der Waals surface area contributed by atoms with Crippen LogP contribution in [0, 0.1) is 5.92 Å². The number of sulfonamides is 1. The van der Waals surface area contributed by atoms with E-state index in [-0.39, 0.29) is 18.5 Å². The Bertz CT molecular complexity index is 624. The lowest BCUT2D eigenvalue weighted by atomic mass is 10.0. The Morgan fingerprint density at radius 2 is 2.05 bits per heavy atom. The molecule has 0 aromatic carbocycles. The lowest BCUT2D eigenvalue weighted by molar-refractivity contribution is -0.143. The van der Waals surface area contributed by atoms with Gasteiger partial charge in [-0.15, -0.1) is 0 Å². The zero-order chi connectivity index (χ0) is 16.0. The smallest absolute Gasteiger partial charge is 0.274 e. The van der Waals surface area contributed by atoms with Gasteiger partial charge in [-0.2, -0.15) is 22.6 Å². The van der Waals surface area contributed by atoms with Gasteiger partial charge in [-0.25, -0.2) is 8.42 Å². The number of nitrogens with zero attached hydrogens (tertiary/aromatic N) is 3. The predicted octanol–water partition coefficient (Wildman–Crippen LogP) is 2.25. The second-order valence-electron chi connectivity index (χ2n) is 5.37. The minimum atomic E-state index is -4.79. The predicted molar refractivity (Wildman–Crippen MR) is 70.0 cm³/mol. The first-order valence-electron chi connectivity index (χ1n) is 6.71. The second-order valence-corrected chi connectivity index (χ2v) is 7.23. The van der Waals surface area contributed by atoms with Crippen molar-refractivity contribution >= 4 is 10.0 Å². The summed E-state index contributed by atoms with van der Waals surface area (Å²) in [7, 11) is -2.92. The molecular weight excluding hydrogens is 307 g/mol. The topological polar surface area (TPSA) is 55.2 Å². The maximum atomic E-state index is 13.0. The molecule has 2 heterocycles. The fourth-order valence-corrected chi connectivity index (χ4v) is 4.85. The number of alkyl halides is 3. The molecule has 9 heteroatoms. The monoisotopic (exact) mass is 325 g/mol. The number of aromatic nitrogens is 2. The highest BCUT2D eigenvalue weighted by molar-refractivity contribution is 7.89. The third-order valence-corrected chi connectivity index (χ3v) is 5.83. The van der Waals surface area contributed by atoms with Crippen molar-refractivity contribution in [3.8, 4) is 0 Å². The Morgan fingerprint density at radius 3 is 2.57 bits per heavy atom. The molecule has 0 bridgehead atoms. The van der Waals surface area contributed by atoms with Crippen LogP contribution in [0.4, 0.5) is 13.2 Å². The first-order chi connectivity index (χ1) is 9.59. The molecule has 1 aliphatic rings. The van der Waals surface area contributed by atoms with Gasteiger partial charge in [-0.3, -0.25) is 4.68 Å². The Hall–Kier alpha value is -1.09. The third kappa shape index (κ3) is 2.80. The highest BCUT2D eigenvalue weighted by atomic mass is 32.2. The zero-order valence-electron chi connectivity index (χ0n) is 12.1. The molecule has 0 spiro atoms. The molecule has 1 fully saturated rings. The van der Waals surface area contributed by atoms with E-state index in [1.165, 1.54) is 11.4 Å². The minimum Gasteiger partial charge on any atom is -0.274 e. The van der Waals surface area contributed by atoms with Crippen molar-refractivity contribution in [2.24, 2.45) is 13.0 Å². The molecule has 1 aromatic rings. The van der Waals surface area contributed by atoms with Crippen molar-refractivity contribution in [3.63, 3.8) is 0 Å². The molecule has 21 heavy (non-hydrogen) atoms. The first kappa shape index (κ1) is 16.3. The van der Waals surface area contributed by atoms with Crippen LogP contribution in [0.15, 0.2) is 11.1 Å². The average Bonchev–Trinajstić information content (AvgIpc) is 2.92. The van der Waals surface area contributed by atoms with E-state index in [1.54, 1.807) is 0 Å². The lowest BCUT2D eigenvalue weighted by Gasteiger charge is -2.25. The van der Waals surface area contributed by atoms with Crippen molar-refractivity contribution in [2.45, 2.75) is 43.8 Å². The van der Waals surface area contributed by atoms with Gasteiger partial charge in [0.1, 0.15) is 4.90 Å². The van der Waals surface area contributed by atoms with Crippen LogP contribution in [0.1, 0.15) is 32.4 Å². The number of hydrogen-bond donors (Lipinski definition) is 0. The fourth-order valence-electron chi connectivity index (χ4n) is 2.86. The summed E-state index contributed by atoms with van der Waals surface area (Å²) in [6, 6.07) is -0.267. The van der Waals surface area contributed by atoms with Crippen LogP contribution in [0.3, 0.4) is 0 Å². The molecule has 0 saturated carbocycles. The van der Waals surface area contributed by atoms with E-state index in [0.717, 1.165) is 10.9 Å². The molecule has 120 valence electrons. The van der Waals surface area contributed by atoms with E-state index in [1.807, 2.05) is 13.8 Å². The quantitative estimate of drug-likeness (QED) is 0.856. The van der Waals surface area contributed by atoms with Gasteiger partial charge in [0.25, 0.3) is 0 Å². The molecule has 0 radical (unpaired) electrons. The van der Waals surface area contributed by atoms with Gasteiger partial charge >= 0.3 is 6.18 Å². The molecule has 2 unspecified atom stereocenters. The number of aryl methyl sites for hydroxylation is 1. The molecule has 2 rings (SSSR count). The number of rotatable bonds is 3. The van der Waals surface area contributed by atoms with Gasteiger partial charge < -0.3 is 0 Å². The summed E-state index contributed by atoms with van der Waals surface area (Å²) in [6.07, 6.45) is -2.65. The Morgan fingerprint density at radius 1 is 1.43 bits per heavy atom. The van der Waals surface area contributed by atoms with Crippen LogP contribution < -0.4 is 0 Å². The van der Waals surface area contributed by atoms with Crippen molar-refractivity contribution in [1.29, 1.82) is 0 Å². The molecule has 0 amide bonds. The summed E-state index contributed by atoms with van der Waals surface area (Å²) >= 11 is 0. The Balaban J connectivity index is 2.51. The van der Waals surface area contributed by atoms with Gasteiger partial charge in [-0.05, 0) is 18.8 Å². The summed E-state index contributed by atoms with van der Waals surface area (Å²) in [5.74, 6) is 0.135. The normalized spacial score (nSPS) is 24.7. The number of halogens is 3. The van der Waals surface area contributed by atoms with Gasteiger partial charge in [0.2, 0.25) is 10.0 Å². The molecular formula is C12H18F3N3O2S. The molecule has 0 aliphatic carbocycles. The van der Waals surface area contributed by atoms with Crippen LogP contribution in [0.2, 0.25) is 0 Å². The minimum absolute atomic E-state index is 0.135. The Labute approximate surface area is 121 Å². The maximum absolute atomic E-state index is 13.0. The molecule has 1 aromatic heterocycles. The fraction of sp³-hybridized carbons (Fsp3) is 0.750. The molecule has 1 aliphatic heterocycles. The van der Waals surface area contributed by atoms with Gasteiger partial charge in [0.15, 0.2) is 5.69 Å². The summed E-state index contributed by atoms with van der Waals surface area (Å²) in [5.41, 5.74) is -1.35. The van der Waals surface area contributed by atoms with Crippen molar-refractivity contribution in [2.75, 3.05) is 6.54 Å². The van der Waals surface area contributed by atoms with E-state index in [0.29, 0.717) is 12.8 Å². The van der Waals surface area contributed by atoms with Crippen LogP contribution in [0.25, 0.3) is 0 Å². The summed E-state index contributed by atoms with van der Waals surface area (Å²) in [4.78, 5) is -0.759. The van der Waals surface area contributed by atoms with Gasteiger partial charge in [-0.1, -0.05) is 13.8 Å². The van der Waals surface area contributed by atoms with E-state index in [9.17, 15) is 21.6 Å². The van der Waals surface area contributed by atoms with E-state index in [2.05, 4.69) is 5.10 Å². The summed E-state index contributed by atoms with van der Waals surface area (Å²) in [6.45, 7) is 3.99. The van der Waals surface area contributed by atoms with Crippen LogP contribution >= 0.6 is 0 Å². The van der Waals surface area contributed by atoms with Crippen molar-refractivity contribution in [3.05, 3.63) is 11.9 Å². The van der Waals surface area contributed by atoms with Gasteiger partial charge in [0.05, 0.1) is 0 Å². The van der Waals surface area contributed by atoms with Crippen molar-refractivity contribution < 1.29 is 21.6 Å². The highest BCUT2D eigenvalue weighted by Crippen LogP contribution is 2.37. The van der Waals surface area contributed by atoms with Crippen LogP contribution in [-0.2, 0) is 23.2 Å². The SMILES string of the molecule is CCC1C(C)CCN1S(=O)(=O)c1cn(C)nc1C(F)(F)F. The first-order valence-corrected chi connectivity index (χ1v) is 8.15. The van der Waals surface area contributed by atoms with E-state index >= 15 is 0 Å². The third-order valence-electron chi connectivity index (χ3n) is 3.90. The average molecular weight is 325 g/mol. The van der Waals surface area contributed by atoms with Crippen LogP contribution in [0.5, 0.6) is 0 Å². The molecule has 2 atom stereocenters. The summed E-state index contributed by atoms with van der Waals surface area (Å²) in [5, 5.41) is 3.28. The van der Waals surface area contributed by atoms with E-state index in [4.69, 9.17) is 0 Å². The van der Waals surface area contributed by atoms with Crippen molar-refractivity contribution in [1.82, 2.24) is 14.1 Å². The molecule has 5 nitrogen and oxygen atoms in total. The van der Waals surface area contributed by atoms with Crippen LogP contribution in [-0.4, -0.2) is 35.1 Å². The molecule has 0 N–H and O–H groups in total. The Kier molecular flexibility index (Phi) is 4.09. The highest BCUT2D eigenvalue weighted by Gasteiger charge is 2.45. The lowest BCUT2D eigenvalue weighted by Crippen LogP contribution is -2.37. The largest absolute Gasteiger partial charge is 0.436 e. The van der Waals surface area contributed by atoms with Gasteiger partial charge in [0, 0.05) is 25.8 Å². The standard InChI is InChI=1S/C12H18F3N3O2S/c1-4-9-8(2)5-6-18(9)21(19,20)10-7-17(3)16-11(10)12(13,14)15/h7-9H,4-6H2,1-3H3.